The molecule has 0 aliphatic heterocycles. The zero-order valence-electron chi connectivity index (χ0n) is 10.1. The molecule has 0 radical (unpaired) electrons. The lowest BCUT2D eigenvalue weighted by molar-refractivity contribution is 0.102. The highest BCUT2D eigenvalue weighted by molar-refractivity contribution is 9.10. The Morgan fingerprint density at radius 2 is 2.00 bits per heavy atom. The maximum Gasteiger partial charge on any atom is 0.258 e. The van der Waals surface area contributed by atoms with Crippen molar-refractivity contribution in [2.75, 3.05) is 5.32 Å². The number of rotatable bonds is 2. The van der Waals surface area contributed by atoms with Crippen LogP contribution in [0, 0.1) is 0 Å². The number of aromatic nitrogens is 1. The van der Waals surface area contributed by atoms with Crippen LogP contribution in [0.2, 0.25) is 5.02 Å². The number of amides is 1. The molecule has 3 rings (SSSR count). The number of carbonyl (C=O) groups is 1. The summed E-state index contributed by atoms with van der Waals surface area (Å²) >= 11 is 10.8. The van der Waals surface area contributed by atoms with E-state index in [1.807, 2.05) is 30.3 Å². The smallest absolute Gasteiger partial charge is 0.258 e. The number of fused-ring (bicyclic) bond motifs is 1. The van der Waals surface area contributed by atoms with Gasteiger partial charge in [-0.3, -0.25) is 10.1 Å². The van der Waals surface area contributed by atoms with Gasteiger partial charge in [0.2, 0.25) is 0 Å². The van der Waals surface area contributed by atoms with Crippen molar-refractivity contribution in [1.82, 2.24) is 4.98 Å². The number of hydrogen-bond donors (Lipinski definition) is 1. The molecule has 1 N–H and O–H groups in total. The lowest BCUT2D eigenvalue weighted by Gasteiger charge is -2.03. The Hall–Kier alpha value is -1.43. The van der Waals surface area contributed by atoms with Gasteiger partial charge in [-0.2, -0.15) is 0 Å². The first-order valence-electron chi connectivity index (χ1n) is 5.76. The second-order valence-corrected chi connectivity index (χ2v) is 6.33. The SMILES string of the molecule is O=C(Nc1nc2c(Cl)cccc2s1)c1ccccc1Br. The largest absolute Gasteiger partial charge is 0.298 e. The second-order valence-electron chi connectivity index (χ2n) is 4.04. The fourth-order valence-corrected chi connectivity index (χ4v) is 3.40. The molecule has 1 amide bonds. The van der Waals surface area contributed by atoms with Gasteiger partial charge in [0.25, 0.3) is 5.91 Å². The molecule has 0 aliphatic carbocycles. The van der Waals surface area contributed by atoms with E-state index in [0.29, 0.717) is 21.2 Å². The van der Waals surface area contributed by atoms with Gasteiger partial charge in [0.1, 0.15) is 5.52 Å². The highest BCUT2D eigenvalue weighted by Gasteiger charge is 2.13. The van der Waals surface area contributed by atoms with E-state index >= 15 is 0 Å². The molecular weight excluding hydrogens is 360 g/mol. The summed E-state index contributed by atoms with van der Waals surface area (Å²) in [7, 11) is 0. The van der Waals surface area contributed by atoms with Crippen molar-refractivity contribution >= 4 is 60.1 Å². The van der Waals surface area contributed by atoms with Gasteiger partial charge in [-0.15, -0.1) is 0 Å². The van der Waals surface area contributed by atoms with Crippen molar-refractivity contribution < 1.29 is 4.79 Å². The monoisotopic (exact) mass is 366 g/mol. The van der Waals surface area contributed by atoms with Crippen LogP contribution in [0.15, 0.2) is 46.9 Å². The summed E-state index contributed by atoms with van der Waals surface area (Å²) in [6, 6.07) is 12.8. The van der Waals surface area contributed by atoms with Crippen molar-refractivity contribution in [1.29, 1.82) is 0 Å². The molecule has 0 aliphatic rings. The molecule has 0 spiro atoms. The zero-order chi connectivity index (χ0) is 14.1. The van der Waals surface area contributed by atoms with Crippen LogP contribution >= 0.6 is 38.9 Å². The lowest BCUT2D eigenvalue weighted by atomic mass is 10.2. The number of halogens is 2. The van der Waals surface area contributed by atoms with Crippen molar-refractivity contribution in [3.05, 3.63) is 57.5 Å². The predicted molar refractivity (Wildman–Crippen MR) is 86.7 cm³/mol. The van der Waals surface area contributed by atoms with Crippen LogP contribution in [0.3, 0.4) is 0 Å². The van der Waals surface area contributed by atoms with Gasteiger partial charge < -0.3 is 0 Å². The highest BCUT2D eigenvalue weighted by Crippen LogP contribution is 2.31. The zero-order valence-corrected chi connectivity index (χ0v) is 13.2. The third-order valence-corrected chi connectivity index (χ3v) is 4.64. The third-order valence-electron chi connectivity index (χ3n) is 2.71. The van der Waals surface area contributed by atoms with Crippen LogP contribution in [-0.2, 0) is 0 Å². The fraction of sp³-hybridized carbons (Fsp3) is 0. The van der Waals surface area contributed by atoms with Crippen LogP contribution in [0.25, 0.3) is 10.2 Å². The predicted octanol–water partition coefficient (Wildman–Crippen LogP) is 4.96. The minimum atomic E-state index is -0.201. The maximum atomic E-state index is 12.2. The Balaban J connectivity index is 1.92. The molecule has 0 bridgehead atoms. The molecule has 100 valence electrons. The standard InChI is InChI=1S/C14H8BrClN2OS/c15-9-5-2-1-4-8(9)13(19)18-14-17-12-10(16)6-3-7-11(12)20-14/h1-7H,(H,17,18,19). The average Bonchev–Trinajstić information content (AvgIpc) is 2.83. The van der Waals surface area contributed by atoms with Crippen LogP contribution < -0.4 is 5.32 Å². The third kappa shape index (κ3) is 2.57. The first-order chi connectivity index (χ1) is 9.65. The summed E-state index contributed by atoms with van der Waals surface area (Å²) in [4.78, 5) is 16.5. The Morgan fingerprint density at radius 1 is 1.20 bits per heavy atom. The molecule has 6 heteroatoms. The van der Waals surface area contributed by atoms with E-state index in [1.54, 1.807) is 12.1 Å². The number of thiazole rings is 1. The van der Waals surface area contributed by atoms with Gasteiger partial charge in [-0.1, -0.05) is 41.1 Å². The first-order valence-corrected chi connectivity index (χ1v) is 7.75. The Bertz CT molecular complexity index is 803. The summed E-state index contributed by atoms with van der Waals surface area (Å²) in [5, 5.41) is 3.91. The Labute approximate surface area is 132 Å². The second kappa shape index (κ2) is 5.52. The quantitative estimate of drug-likeness (QED) is 0.695. The number of para-hydroxylation sites is 1. The molecule has 3 aromatic rings. The molecule has 2 aromatic carbocycles. The van der Waals surface area contributed by atoms with Crippen LogP contribution in [0.5, 0.6) is 0 Å². The molecule has 0 fully saturated rings. The molecular formula is C14H8BrClN2OS. The minimum Gasteiger partial charge on any atom is -0.298 e. The Morgan fingerprint density at radius 3 is 2.75 bits per heavy atom. The van der Waals surface area contributed by atoms with Gasteiger partial charge in [0, 0.05) is 4.47 Å². The van der Waals surface area contributed by atoms with Gasteiger partial charge >= 0.3 is 0 Å². The van der Waals surface area contributed by atoms with Crippen LogP contribution in [0.1, 0.15) is 10.4 Å². The van der Waals surface area contributed by atoms with E-state index in [2.05, 4.69) is 26.2 Å². The molecule has 3 nitrogen and oxygen atoms in total. The van der Waals surface area contributed by atoms with Gasteiger partial charge in [-0.05, 0) is 40.2 Å². The summed E-state index contributed by atoms with van der Waals surface area (Å²) in [5.41, 5.74) is 1.28. The molecule has 0 atom stereocenters. The molecule has 20 heavy (non-hydrogen) atoms. The molecule has 0 unspecified atom stereocenters. The van der Waals surface area contributed by atoms with Crippen LogP contribution in [-0.4, -0.2) is 10.9 Å². The molecule has 0 saturated carbocycles. The maximum absolute atomic E-state index is 12.2. The van der Waals surface area contributed by atoms with E-state index in [-0.39, 0.29) is 5.91 Å². The topological polar surface area (TPSA) is 42.0 Å². The Kier molecular flexibility index (Phi) is 3.74. The number of hydrogen-bond acceptors (Lipinski definition) is 3. The average molecular weight is 368 g/mol. The van der Waals surface area contributed by atoms with Gasteiger partial charge in [0.15, 0.2) is 5.13 Å². The van der Waals surface area contributed by atoms with Crippen LogP contribution in [0.4, 0.5) is 5.13 Å². The van der Waals surface area contributed by atoms with Crippen molar-refractivity contribution in [2.45, 2.75) is 0 Å². The normalized spacial score (nSPS) is 10.7. The summed E-state index contributed by atoms with van der Waals surface area (Å²) in [6.45, 7) is 0. The number of nitrogens with zero attached hydrogens (tertiary/aromatic N) is 1. The van der Waals surface area contributed by atoms with Crippen molar-refractivity contribution in [3.8, 4) is 0 Å². The van der Waals surface area contributed by atoms with Crippen molar-refractivity contribution in [3.63, 3.8) is 0 Å². The van der Waals surface area contributed by atoms with E-state index in [4.69, 9.17) is 11.6 Å². The minimum absolute atomic E-state index is 0.201. The summed E-state index contributed by atoms with van der Waals surface area (Å²) < 4.78 is 1.69. The van der Waals surface area contributed by atoms with Gasteiger partial charge in [0.05, 0.1) is 15.3 Å². The fourth-order valence-electron chi connectivity index (χ4n) is 1.78. The molecule has 1 heterocycles. The van der Waals surface area contributed by atoms with E-state index in [1.165, 1.54) is 11.3 Å². The number of benzene rings is 2. The highest BCUT2D eigenvalue weighted by atomic mass is 79.9. The molecule has 1 aromatic heterocycles. The number of nitrogens with one attached hydrogen (secondary N) is 1. The van der Waals surface area contributed by atoms with E-state index in [0.717, 1.165) is 9.17 Å². The van der Waals surface area contributed by atoms with E-state index in [9.17, 15) is 4.79 Å². The first kappa shape index (κ1) is 13.5. The number of carbonyl (C=O) groups excluding carboxylic acids is 1. The number of anilines is 1. The summed E-state index contributed by atoms with van der Waals surface area (Å²) in [6.07, 6.45) is 0. The van der Waals surface area contributed by atoms with Gasteiger partial charge in [-0.25, -0.2) is 4.98 Å². The molecule has 0 saturated heterocycles. The summed E-state index contributed by atoms with van der Waals surface area (Å²) in [5.74, 6) is -0.201. The van der Waals surface area contributed by atoms with E-state index < -0.39 is 0 Å². The lowest BCUT2D eigenvalue weighted by Crippen LogP contribution is -2.12. The van der Waals surface area contributed by atoms with Crippen molar-refractivity contribution in [2.24, 2.45) is 0 Å².